The Morgan fingerprint density at radius 2 is 1.88 bits per heavy atom. The monoisotopic (exact) mass is 357 g/mol. The highest BCUT2D eigenvalue weighted by Gasteiger charge is 2.29. The molecule has 25 heavy (non-hydrogen) atoms. The third-order valence-corrected chi connectivity index (χ3v) is 6.71. The summed E-state index contributed by atoms with van der Waals surface area (Å²) in [6, 6.07) is 8.12. The molecule has 0 bridgehead atoms. The number of aryl methyl sites for hydroxylation is 1. The molecule has 0 spiro atoms. The second-order valence-corrected chi connectivity index (χ2v) is 8.39. The Hall–Kier alpha value is -1.75. The number of hydrogen-bond acceptors (Lipinski definition) is 4. The molecule has 1 aromatic carbocycles. The van der Waals surface area contributed by atoms with Gasteiger partial charge in [-0.05, 0) is 36.8 Å². The van der Waals surface area contributed by atoms with E-state index in [1.54, 1.807) is 10.8 Å². The fourth-order valence-corrected chi connectivity index (χ4v) is 4.21. The van der Waals surface area contributed by atoms with Crippen molar-refractivity contribution in [1.82, 2.24) is 9.55 Å². The van der Waals surface area contributed by atoms with Gasteiger partial charge in [0.25, 0.3) is 5.56 Å². The minimum atomic E-state index is 0.0297. The maximum Gasteiger partial charge on any atom is 0.268 e. The van der Waals surface area contributed by atoms with E-state index < -0.39 is 0 Å². The first kappa shape index (κ1) is 18.1. The zero-order valence-electron chi connectivity index (χ0n) is 15.6. The van der Waals surface area contributed by atoms with Gasteiger partial charge in [0.05, 0.1) is 11.1 Å². The van der Waals surface area contributed by atoms with E-state index in [0.717, 1.165) is 36.8 Å². The number of anilines is 1. The molecular formula is C20H27N3OS. The summed E-state index contributed by atoms with van der Waals surface area (Å²) in [6.07, 6.45) is 5.25. The van der Waals surface area contributed by atoms with Gasteiger partial charge in [-0.15, -0.1) is 0 Å². The summed E-state index contributed by atoms with van der Waals surface area (Å²) in [5, 5.41) is 0. The summed E-state index contributed by atoms with van der Waals surface area (Å²) in [4.78, 5) is 21.5. The van der Waals surface area contributed by atoms with E-state index >= 15 is 0 Å². The van der Waals surface area contributed by atoms with E-state index in [9.17, 15) is 4.79 Å². The van der Waals surface area contributed by atoms with E-state index in [4.69, 9.17) is 0 Å². The van der Waals surface area contributed by atoms with E-state index in [0.29, 0.717) is 10.3 Å². The second-order valence-electron chi connectivity index (χ2n) is 7.31. The molecule has 0 N–H and O–H groups in total. The van der Waals surface area contributed by atoms with Crippen LogP contribution < -0.4 is 10.5 Å². The van der Waals surface area contributed by atoms with Crippen molar-refractivity contribution in [3.05, 3.63) is 46.4 Å². The molecule has 0 unspecified atom stereocenters. The van der Waals surface area contributed by atoms with Crippen LogP contribution in [0, 0.1) is 12.3 Å². The molecule has 1 saturated heterocycles. The lowest BCUT2D eigenvalue weighted by Crippen LogP contribution is -2.41. The van der Waals surface area contributed by atoms with Crippen LogP contribution in [0.2, 0.25) is 0 Å². The fraction of sp³-hybridized carbons (Fsp3) is 0.500. The van der Waals surface area contributed by atoms with Crippen molar-refractivity contribution in [2.75, 3.05) is 18.0 Å². The number of piperidine rings is 1. The molecule has 1 fully saturated rings. The smallest absolute Gasteiger partial charge is 0.268 e. The van der Waals surface area contributed by atoms with Gasteiger partial charge in [0.15, 0.2) is 0 Å². The molecule has 3 rings (SSSR count). The molecule has 5 heteroatoms. The minimum absolute atomic E-state index is 0.0297. The molecule has 0 aliphatic carbocycles. The Morgan fingerprint density at radius 3 is 2.52 bits per heavy atom. The lowest BCUT2D eigenvalue weighted by molar-refractivity contribution is 0.236. The Balaban J connectivity index is 1.82. The van der Waals surface area contributed by atoms with Gasteiger partial charge in [-0.3, -0.25) is 9.36 Å². The van der Waals surface area contributed by atoms with Crippen molar-refractivity contribution in [1.29, 1.82) is 0 Å². The van der Waals surface area contributed by atoms with Crippen LogP contribution in [0.4, 0.5) is 5.95 Å². The molecule has 2 heterocycles. The molecule has 1 aromatic heterocycles. The molecule has 4 nitrogen and oxygen atoms in total. The van der Waals surface area contributed by atoms with Gasteiger partial charge < -0.3 is 4.90 Å². The average molecular weight is 358 g/mol. The quantitative estimate of drug-likeness (QED) is 0.820. The second kappa shape index (κ2) is 7.24. The van der Waals surface area contributed by atoms with Gasteiger partial charge in [0, 0.05) is 25.0 Å². The third-order valence-electron chi connectivity index (χ3n) is 5.53. The van der Waals surface area contributed by atoms with Crippen molar-refractivity contribution in [3.8, 4) is 0 Å². The first-order valence-electron chi connectivity index (χ1n) is 8.98. The molecule has 1 aliphatic heterocycles. The standard InChI is InChI=1S/C20H27N3OS/c1-5-20(3)10-12-23(13-11-20)19-21-14-17(18(24)22(19)4)25-16-9-7-6-8-15(16)2/h6-9,14H,5,10-13H2,1-4H3. The first-order valence-corrected chi connectivity index (χ1v) is 9.79. The lowest BCUT2D eigenvalue weighted by Gasteiger charge is -2.39. The molecule has 0 atom stereocenters. The molecule has 0 radical (unpaired) electrons. The predicted molar refractivity (Wildman–Crippen MR) is 105 cm³/mol. The van der Waals surface area contributed by atoms with Crippen LogP contribution in [-0.2, 0) is 7.05 Å². The van der Waals surface area contributed by atoms with Crippen molar-refractivity contribution >= 4 is 17.7 Å². The van der Waals surface area contributed by atoms with Gasteiger partial charge in [-0.25, -0.2) is 4.98 Å². The zero-order chi connectivity index (χ0) is 18.0. The van der Waals surface area contributed by atoms with Crippen molar-refractivity contribution in [3.63, 3.8) is 0 Å². The zero-order valence-corrected chi connectivity index (χ0v) is 16.4. The predicted octanol–water partition coefficient (Wildman–Crippen LogP) is 4.26. The van der Waals surface area contributed by atoms with E-state index in [1.807, 2.05) is 25.2 Å². The summed E-state index contributed by atoms with van der Waals surface area (Å²) in [5.74, 6) is 0.789. The van der Waals surface area contributed by atoms with Gasteiger partial charge in [-0.1, -0.05) is 50.2 Å². The van der Waals surface area contributed by atoms with Gasteiger partial charge in [-0.2, -0.15) is 0 Å². The van der Waals surface area contributed by atoms with E-state index in [1.165, 1.54) is 23.7 Å². The molecule has 1 aliphatic rings. The molecule has 2 aromatic rings. The molecule has 0 amide bonds. The maximum absolute atomic E-state index is 12.8. The lowest BCUT2D eigenvalue weighted by atomic mass is 9.78. The molecular weight excluding hydrogens is 330 g/mol. The summed E-state index contributed by atoms with van der Waals surface area (Å²) in [5.41, 5.74) is 1.63. The van der Waals surface area contributed by atoms with Crippen LogP contribution in [0.1, 0.15) is 38.7 Å². The minimum Gasteiger partial charge on any atom is -0.342 e. The number of aromatic nitrogens is 2. The summed E-state index contributed by atoms with van der Waals surface area (Å²) in [6.45, 7) is 8.62. The normalized spacial score (nSPS) is 16.9. The Bertz CT molecular complexity index is 807. The van der Waals surface area contributed by atoms with Gasteiger partial charge in [0.1, 0.15) is 0 Å². The molecule has 0 saturated carbocycles. The number of nitrogens with zero attached hydrogens (tertiary/aromatic N) is 3. The average Bonchev–Trinajstić information content (AvgIpc) is 2.62. The number of rotatable bonds is 4. The SMILES string of the molecule is CCC1(C)CCN(c2ncc(Sc3ccccc3C)c(=O)n2C)CC1. The summed E-state index contributed by atoms with van der Waals surface area (Å²) in [7, 11) is 1.83. The van der Waals surface area contributed by atoms with Crippen LogP contribution >= 0.6 is 11.8 Å². The van der Waals surface area contributed by atoms with Crippen LogP contribution in [0.15, 0.2) is 45.0 Å². The Morgan fingerprint density at radius 1 is 1.20 bits per heavy atom. The fourth-order valence-electron chi connectivity index (χ4n) is 3.27. The highest BCUT2D eigenvalue weighted by molar-refractivity contribution is 7.99. The van der Waals surface area contributed by atoms with Crippen molar-refractivity contribution in [2.24, 2.45) is 12.5 Å². The highest BCUT2D eigenvalue weighted by Crippen LogP contribution is 2.35. The largest absolute Gasteiger partial charge is 0.342 e. The van der Waals surface area contributed by atoms with Gasteiger partial charge >= 0.3 is 0 Å². The van der Waals surface area contributed by atoms with Crippen LogP contribution in [0.3, 0.4) is 0 Å². The third kappa shape index (κ3) is 3.76. The summed E-state index contributed by atoms with van der Waals surface area (Å²) < 4.78 is 1.70. The molecule has 134 valence electrons. The summed E-state index contributed by atoms with van der Waals surface area (Å²) >= 11 is 1.50. The van der Waals surface area contributed by atoms with Crippen LogP contribution in [0.25, 0.3) is 0 Å². The van der Waals surface area contributed by atoms with Gasteiger partial charge in [0.2, 0.25) is 5.95 Å². The number of hydrogen-bond donors (Lipinski definition) is 0. The Kier molecular flexibility index (Phi) is 5.23. The Labute approximate surface area is 154 Å². The maximum atomic E-state index is 12.8. The van der Waals surface area contributed by atoms with E-state index in [-0.39, 0.29) is 5.56 Å². The highest BCUT2D eigenvalue weighted by atomic mass is 32.2. The van der Waals surface area contributed by atoms with E-state index in [2.05, 4.69) is 36.7 Å². The topological polar surface area (TPSA) is 38.1 Å². The van der Waals surface area contributed by atoms with Crippen LogP contribution in [-0.4, -0.2) is 22.6 Å². The van der Waals surface area contributed by atoms with Crippen LogP contribution in [0.5, 0.6) is 0 Å². The number of benzene rings is 1. The first-order chi connectivity index (χ1) is 11.9. The van der Waals surface area contributed by atoms with Crippen molar-refractivity contribution < 1.29 is 0 Å². The van der Waals surface area contributed by atoms with Crippen molar-refractivity contribution in [2.45, 2.75) is 49.8 Å².